The van der Waals surface area contributed by atoms with Crippen LogP contribution in [0.1, 0.15) is 27.7 Å². The van der Waals surface area contributed by atoms with Crippen molar-refractivity contribution < 1.29 is 13.9 Å². The fourth-order valence-corrected chi connectivity index (χ4v) is 0.792. The quantitative estimate of drug-likeness (QED) is 0.669. The Labute approximate surface area is 78.9 Å². The molecule has 0 fully saturated rings. The first-order chi connectivity index (χ1) is 5.72. The molecule has 0 saturated carbocycles. The van der Waals surface area contributed by atoms with E-state index in [0.717, 1.165) is 0 Å². The molecule has 0 aliphatic rings. The molecule has 0 aliphatic carbocycles. The van der Waals surface area contributed by atoms with E-state index in [1.54, 1.807) is 20.8 Å². The van der Waals surface area contributed by atoms with Crippen LogP contribution in [0.15, 0.2) is 0 Å². The van der Waals surface area contributed by atoms with Gasteiger partial charge >= 0.3 is 6.09 Å². The molecule has 0 saturated heterocycles. The maximum absolute atomic E-state index is 12.5. The Morgan fingerprint density at radius 3 is 2.31 bits per heavy atom. The molecule has 78 valence electrons. The van der Waals surface area contributed by atoms with E-state index in [-0.39, 0.29) is 6.54 Å². The molecule has 0 heterocycles. The summed E-state index contributed by atoms with van der Waals surface area (Å²) >= 11 is 0. The number of rotatable bonds is 2. The molecule has 0 N–H and O–H groups in total. The fourth-order valence-electron chi connectivity index (χ4n) is 0.792. The highest BCUT2D eigenvalue weighted by atomic mass is 19.1. The lowest BCUT2D eigenvalue weighted by molar-refractivity contribution is 0.0264. The molecule has 3 nitrogen and oxygen atoms in total. The highest BCUT2D eigenvalue weighted by Gasteiger charge is 2.20. The third-order valence-electron chi connectivity index (χ3n) is 1.23. The number of halogens is 1. The van der Waals surface area contributed by atoms with Crippen LogP contribution in [0.3, 0.4) is 0 Å². The predicted molar refractivity (Wildman–Crippen MR) is 49.4 cm³/mol. The second-order valence-electron chi connectivity index (χ2n) is 4.14. The Balaban J connectivity index is 3.97. The van der Waals surface area contributed by atoms with E-state index in [2.05, 4.69) is 0 Å². The molecule has 0 aromatic heterocycles. The monoisotopic (exact) mass is 191 g/mol. The summed E-state index contributed by atoms with van der Waals surface area (Å²) < 4.78 is 17.5. The summed E-state index contributed by atoms with van der Waals surface area (Å²) in [6, 6.07) is 0. The molecule has 0 aromatic carbocycles. The first-order valence-corrected chi connectivity index (χ1v) is 4.30. The van der Waals surface area contributed by atoms with E-state index in [1.165, 1.54) is 18.9 Å². The van der Waals surface area contributed by atoms with Crippen LogP contribution < -0.4 is 0 Å². The molecule has 1 unspecified atom stereocenters. The number of ether oxygens (including phenoxy) is 1. The van der Waals surface area contributed by atoms with Crippen molar-refractivity contribution in [3.05, 3.63) is 0 Å². The van der Waals surface area contributed by atoms with Crippen LogP contribution in [0, 0.1) is 0 Å². The Bertz CT molecular complexity index is 175. The molecule has 0 aromatic rings. The minimum atomic E-state index is -1.03. The van der Waals surface area contributed by atoms with Crippen molar-refractivity contribution >= 4 is 6.09 Å². The zero-order valence-electron chi connectivity index (χ0n) is 8.93. The topological polar surface area (TPSA) is 29.5 Å². The largest absolute Gasteiger partial charge is 0.444 e. The number of hydrogen-bond donors (Lipinski definition) is 0. The number of carbonyl (C=O) groups is 1. The van der Waals surface area contributed by atoms with Crippen molar-refractivity contribution in [1.29, 1.82) is 0 Å². The summed E-state index contributed by atoms with van der Waals surface area (Å²) in [5.74, 6) is 0. The number of hydrogen-bond acceptors (Lipinski definition) is 2. The van der Waals surface area contributed by atoms with Crippen LogP contribution in [0.2, 0.25) is 0 Å². The highest BCUT2D eigenvalue weighted by Crippen LogP contribution is 2.09. The van der Waals surface area contributed by atoms with Crippen LogP contribution in [0.5, 0.6) is 0 Å². The second-order valence-corrected chi connectivity index (χ2v) is 4.14. The van der Waals surface area contributed by atoms with Gasteiger partial charge in [0.1, 0.15) is 11.8 Å². The van der Waals surface area contributed by atoms with Crippen molar-refractivity contribution in [2.75, 3.05) is 13.6 Å². The summed E-state index contributed by atoms with van der Waals surface area (Å²) in [5.41, 5.74) is -0.523. The standard InChI is InChI=1S/C9H18FNO2/c1-7(10)6-11(5)8(12)13-9(2,3)4/h7H,6H2,1-5H3. The molecule has 0 rings (SSSR count). The zero-order chi connectivity index (χ0) is 10.6. The predicted octanol–water partition coefficient (Wildman–Crippen LogP) is 2.21. The Morgan fingerprint density at radius 2 is 2.00 bits per heavy atom. The van der Waals surface area contributed by atoms with Gasteiger partial charge in [-0.15, -0.1) is 0 Å². The van der Waals surface area contributed by atoms with Gasteiger partial charge in [-0.2, -0.15) is 0 Å². The second kappa shape index (κ2) is 4.44. The zero-order valence-corrected chi connectivity index (χ0v) is 8.93. The first kappa shape index (κ1) is 12.2. The smallest absolute Gasteiger partial charge is 0.410 e. The van der Waals surface area contributed by atoms with Gasteiger partial charge in [0.25, 0.3) is 0 Å². The summed E-state index contributed by atoms with van der Waals surface area (Å²) in [7, 11) is 1.52. The molecular weight excluding hydrogens is 173 g/mol. The molecule has 0 radical (unpaired) electrons. The SMILES string of the molecule is CC(F)CN(C)C(=O)OC(C)(C)C. The van der Waals surface area contributed by atoms with Gasteiger partial charge in [-0.05, 0) is 27.7 Å². The van der Waals surface area contributed by atoms with E-state index in [4.69, 9.17) is 4.74 Å². The first-order valence-electron chi connectivity index (χ1n) is 4.30. The van der Waals surface area contributed by atoms with Crippen molar-refractivity contribution in [2.24, 2.45) is 0 Å². The minimum absolute atomic E-state index is 0.0644. The lowest BCUT2D eigenvalue weighted by Gasteiger charge is -2.24. The van der Waals surface area contributed by atoms with E-state index in [0.29, 0.717) is 0 Å². The fraction of sp³-hybridized carbons (Fsp3) is 0.889. The third-order valence-corrected chi connectivity index (χ3v) is 1.23. The van der Waals surface area contributed by atoms with Crippen molar-refractivity contribution in [3.63, 3.8) is 0 Å². The van der Waals surface area contributed by atoms with Gasteiger partial charge in [-0.25, -0.2) is 9.18 Å². The maximum atomic E-state index is 12.5. The molecular formula is C9H18FNO2. The summed E-state index contributed by atoms with van der Waals surface area (Å²) in [5, 5.41) is 0. The van der Waals surface area contributed by atoms with Crippen LogP contribution in [0.25, 0.3) is 0 Å². The van der Waals surface area contributed by atoms with Gasteiger partial charge in [-0.1, -0.05) is 0 Å². The van der Waals surface area contributed by atoms with Crippen molar-refractivity contribution in [1.82, 2.24) is 4.90 Å². The molecule has 1 amide bonds. The Morgan fingerprint density at radius 1 is 1.54 bits per heavy atom. The summed E-state index contributed by atoms with van der Waals surface area (Å²) in [4.78, 5) is 12.5. The Kier molecular flexibility index (Phi) is 4.17. The van der Waals surface area contributed by atoms with Crippen LogP contribution in [-0.4, -0.2) is 36.4 Å². The third kappa shape index (κ3) is 6.37. The average molecular weight is 191 g/mol. The number of amides is 1. The summed E-state index contributed by atoms with van der Waals surface area (Å²) in [6.07, 6.45) is -1.52. The lowest BCUT2D eigenvalue weighted by Crippen LogP contribution is -2.36. The maximum Gasteiger partial charge on any atom is 0.410 e. The molecule has 0 aliphatic heterocycles. The van der Waals surface area contributed by atoms with Gasteiger partial charge in [0.15, 0.2) is 0 Å². The molecule has 0 bridgehead atoms. The molecule has 1 atom stereocenters. The van der Waals surface area contributed by atoms with Crippen molar-refractivity contribution in [3.8, 4) is 0 Å². The minimum Gasteiger partial charge on any atom is -0.444 e. The van der Waals surface area contributed by atoms with E-state index >= 15 is 0 Å². The number of nitrogens with zero attached hydrogens (tertiary/aromatic N) is 1. The van der Waals surface area contributed by atoms with Crippen LogP contribution in [0.4, 0.5) is 9.18 Å². The van der Waals surface area contributed by atoms with Crippen LogP contribution in [-0.2, 0) is 4.74 Å². The van der Waals surface area contributed by atoms with Gasteiger partial charge in [-0.3, -0.25) is 0 Å². The number of alkyl halides is 1. The molecule has 4 heteroatoms. The van der Waals surface area contributed by atoms with Crippen LogP contribution >= 0.6 is 0 Å². The van der Waals surface area contributed by atoms with E-state index in [9.17, 15) is 9.18 Å². The van der Waals surface area contributed by atoms with Crippen molar-refractivity contribution in [2.45, 2.75) is 39.5 Å². The van der Waals surface area contributed by atoms with Gasteiger partial charge in [0.2, 0.25) is 0 Å². The lowest BCUT2D eigenvalue weighted by atomic mass is 10.2. The van der Waals surface area contributed by atoms with Gasteiger partial charge in [0.05, 0.1) is 6.54 Å². The molecule has 0 spiro atoms. The average Bonchev–Trinajstić information content (AvgIpc) is 1.81. The van der Waals surface area contributed by atoms with Gasteiger partial charge in [0, 0.05) is 7.05 Å². The normalized spacial score (nSPS) is 13.7. The highest BCUT2D eigenvalue weighted by molar-refractivity contribution is 5.67. The van der Waals surface area contributed by atoms with Gasteiger partial charge < -0.3 is 9.64 Å². The van der Waals surface area contributed by atoms with E-state index in [1.807, 2.05) is 0 Å². The summed E-state index contributed by atoms with van der Waals surface area (Å²) in [6.45, 7) is 6.79. The van der Waals surface area contributed by atoms with E-state index < -0.39 is 17.9 Å². The molecule has 13 heavy (non-hydrogen) atoms. The number of carbonyl (C=O) groups excluding carboxylic acids is 1. The Hall–Kier alpha value is -0.800.